The van der Waals surface area contributed by atoms with Gasteiger partial charge in [-0.15, -0.1) is 0 Å². The third kappa shape index (κ3) is 7.24. The molecule has 0 aromatic rings. The van der Waals surface area contributed by atoms with Crippen LogP contribution in [0, 0.1) is 5.92 Å². The van der Waals surface area contributed by atoms with E-state index in [0.717, 1.165) is 5.92 Å². The lowest BCUT2D eigenvalue weighted by molar-refractivity contribution is 0.309. The van der Waals surface area contributed by atoms with Crippen LogP contribution in [-0.4, -0.2) is 37.6 Å². The zero-order chi connectivity index (χ0) is 11.8. The average molecular weight is 226 g/mol. The van der Waals surface area contributed by atoms with Crippen LogP contribution in [0.25, 0.3) is 0 Å². The minimum atomic E-state index is 0.702. The molecule has 0 radical (unpaired) electrons. The molecule has 2 nitrogen and oxygen atoms in total. The van der Waals surface area contributed by atoms with Gasteiger partial charge in [-0.3, -0.25) is 0 Å². The predicted octanol–water partition coefficient (Wildman–Crippen LogP) is 2.89. The van der Waals surface area contributed by atoms with Crippen molar-refractivity contribution in [3.05, 3.63) is 0 Å². The summed E-state index contributed by atoms with van der Waals surface area (Å²) >= 11 is 0. The zero-order valence-electron chi connectivity index (χ0n) is 11.5. The SMILES string of the molecule is CCCNC(C)CCCCN(C)CC1CC1. The Balaban J connectivity index is 1.85. The molecule has 1 N–H and O–H groups in total. The van der Waals surface area contributed by atoms with Gasteiger partial charge in [0, 0.05) is 12.6 Å². The Hall–Kier alpha value is -0.0800. The monoisotopic (exact) mass is 226 g/mol. The van der Waals surface area contributed by atoms with Crippen LogP contribution in [-0.2, 0) is 0 Å². The smallest absolute Gasteiger partial charge is 0.00387 e. The van der Waals surface area contributed by atoms with Crippen molar-refractivity contribution in [3.63, 3.8) is 0 Å². The van der Waals surface area contributed by atoms with E-state index in [2.05, 4.69) is 31.1 Å². The van der Waals surface area contributed by atoms with Gasteiger partial charge in [-0.25, -0.2) is 0 Å². The Bertz CT molecular complexity index is 166. The molecule has 0 heterocycles. The van der Waals surface area contributed by atoms with E-state index in [1.54, 1.807) is 0 Å². The van der Waals surface area contributed by atoms with Gasteiger partial charge in [-0.1, -0.05) is 13.3 Å². The lowest BCUT2D eigenvalue weighted by Gasteiger charge is -2.17. The molecule has 2 heteroatoms. The molecule has 0 bridgehead atoms. The molecule has 1 rings (SSSR count). The van der Waals surface area contributed by atoms with Gasteiger partial charge in [0.1, 0.15) is 0 Å². The van der Waals surface area contributed by atoms with E-state index in [-0.39, 0.29) is 0 Å². The first-order chi connectivity index (χ1) is 7.72. The van der Waals surface area contributed by atoms with Crippen molar-refractivity contribution in [3.8, 4) is 0 Å². The maximum Gasteiger partial charge on any atom is 0.00387 e. The molecule has 0 spiro atoms. The van der Waals surface area contributed by atoms with E-state index in [4.69, 9.17) is 0 Å². The molecule has 0 amide bonds. The fraction of sp³-hybridized carbons (Fsp3) is 1.00. The van der Waals surface area contributed by atoms with Crippen LogP contribution in [0.1, 0.15) is 52.4 Å². The summed E-state index contributed by atoms with van der Waals surface area (Å²) < 4.78 is 0. The fourth-order valence-electron chi connectivity index (χ4n) is 2.16. The third-order valence-electron chi connectivity index (χ3n) is 3.44. The molecule has 0 aliphatic heterocycles. The first-order valence-electron chi connectivity index (χ1n) is 7.14. The Morgan fingerprint density at radius 1 is 1.31 bits per heavy atom. The Morgan fingerprint density at radius 2 is 2.06 bits per heavy atom. The molecular weight excluding hydrogens is 196 g/mol. The first kappa shape index (κ1) is 14.0. The van der Waals surface area contributed by atoms with E-state index < -0.39 is 0 Å². The van der Waals surface area contributed by atoms with Gasteiger partial charge >= 0.3 is 0 Å². The molecule has 1 saturated carbocycles. The van der Waals surface area contributed by atoms with Gasteiger partial charge in [-0.05, 0) is 65.1 Å². The van der Waals surface area contributed by atoms with Crippen LogP contribution >= 0.6 is 0 Å². The molecule has 1 unspecified atom stereocenters. The van der Waals surface area contributed by atoms with Crippen LogP contribution in [0.5, 0.6) is 0 Å². The van der Waals surface area contributed by atoms with Crippen molar-refractivity contribution in [2.24, 2.45) is 5.92 Å². The largest absolute Gasteiger partial charge is 0.314 e. The van der Waals surface area contributed by atoms with Crippen LogP contribution in [0.15, 0.2) is 0 Å². The maximum absolute atomic E-state index is 3.55. The van der Waals surface area contributed by atoms with Crippen molar-refractivity contribution in [2.45, 2.75) is 58.4 Å². The summed E-state index contributed by atoms with van der Waals surface area (Å²) in [5.41, 5.74) is 0. The quantitative estimate of drug-likeness (QED) is 0.576. The minimum absolute atomic E-state index is 0.702. The van der Waals surface area contributed by atoms with Gasteiger partial charge in [0.05, 0.1) is 0 Å². The highest BCUT2D eigenvalue weighted by molar-refractivity contribution is 4.76. The fourth-order valence-corrected chi connectivity index (χ4v) is 2.16. The molecule has 1 aliphatic rings. The highest BCUT2D eigenvalue weighted by atomic mass is 15.1. The lowest BCUT2D eigenvalue weighted by Crippen LogP contribution is -2.27. The topological polar surface area (TPSA) is 15.3 Å². The molecule has 0 saturated heterocycles. The number of unbranched alkanes of at least 4 members (excludes halogenated alkanes) is 1. The number of nitrogens with zero attached hydrogens (tertiary/aromatic N) is 1. The van der Waals surface area contributed by atoms with Gasteiger partial charge in [-0.2, -0.15) is 0 Å². The Morgan fingerprint density at radius 3 is 2.69 bits per heavy atom. The van der Waals surface area contributed by atoms with Crippen molar-refractivity contribution >= 4 is 0 Å². The van der Waals surface area contributed by atoms with Crippen molar-refractivity contribution in [1.82, 2.24) is 10.2 Å². The highest BCUT2D eigenvalue weighted by Gasteiger charge is 2.22. The van der Waals surface area contributed by atoms with Crippen LogP contribution in [0.3, 0.4) is 0 Å². The predicted molar refractivity (Wildman–Crippen MR) is 71.8 cm³/mol. The second-order valence-electron chi connectivity index (χ2n) is 5.56. The molecule has 1 fully saturated rings. The highest BCUT2D eigenvalue weighted by Crippen LogP contribution is 2.29. The van der Waals surface area contributed by atoms with Crippen molar-refractivity contribution < 1.29 is 0 Å². The summed E-state index contributed by atoms with van der Waals surface area (Å²) in [5.74, 6) is 1.04. The summed E-state index contributed by atoms with van der Waals surface area (Å²) in [6, 6.07) is 0.702. The number of nitrogens with one attached hydrogen (secondary N) is 1. The van der Waals surface area contributed by atoms with Gasteiger partial charge < -0.3 is 10.2 Å². The molecule has 1 aliphatic carbocycles. The first-order valence-corrected chi connectivity index (χ1v) is 7.14. The second-order valence-corrected chi connectivity index (χ2v) is 5.56. The average Bonchev–Trinajstić information content (AvgIpc) is 3.05. The van der Waals surface area contributed by atoms with Crippen LogP contribution in [0.2, 0.25) is 0 Å². The molecular formula is C14H30N2. The summed E-state index contributed by atoms with van der Waals surface area (Å²) in [7, 11) is 2.27. The van der Waals surface area contributed by atoms with Crippen molar-refractivity contribution in [1.29, 1.82) is 0 Å². The van der Waals surface area contributed by atoms with E-state index >= 15 is 0 Å². The standard InChI is InChI=1S/C14H30N2/c1-4-10-15-13(2)7-5-6-11-16(3)12-14-8-9-14/h13-15H,4-12H2,1-3H3. The van der Waals surface area contributed by atoms with Gasteiger partial charge in [0.25, 0.3) is 0 Å². The third-order valence-corrected chi connectivity index (χ3v) is 3.44. The number of hydrogen-bond donors (Lipinski definition) is 1. The van der Waals surface area contributed by atoms with Gasteiger partial charge in [0.2, 0.25) is 0 Å². The molecule has 0 aromatic heterocycles. The van der Waals surface area contributed by atoms with E-state index in [0.29, 0.717) is 6.04 Å². The summed E-state index contributed by atoms with van der Waals surface area (Å²) in [6.45, 7) is 8.33. The van der Waals surface area contributed by atoms with E-state index in [1.165, 1.54) is 58.2 Å². The van der Waals surface area contributed by atoms with Crippen LogP contribution < -0.4 is 5.32 Å². The second kappa shape index (κ2) is 8.08. The zero-order valence-corrected chi connectivity index (χ0v) is 11.5. The normalized spacial score (nSPS) is 18.0. The lowest BCUT2D eigenvalue weighted by atomic mass is 10.1. The summed E-state index contributed by atoms with van der Waals surface area (Å²) in [6.07, 6.45) is 8.25. The van der Waals surface area contributed by atoms with Gasteiger partial charge in [0.15, 0.2) is 0 Å². The van der Waals surface area contributed by atoms with Crippen LogP contribution in [0.4, 0.5) is 0 Å². The Kier molecular flexibility index (Phi) is 7.06. The number of rotatable bonds is 10. The molecule has 1 atom stereocenters. The Labute approximate surface area is 102 Å². The minimum Gasteiger partial charge on any atom is -0.314 e. The number of hydrogen-bond acceptors (Lipinski definition) is 2. The molecule has 16 heavy (non-hydrogen) atoms. The van der Waals surface area contributed by atoms with Crippen molar-refractivity contribution in [2.75, 3.05) is 26.7 Å². The van der Waals surface area contributed by atoms with E-state index in [1.807, 2.05) is 0 Å². The summed E-state index contributed by atoms with van der Waals surface area (Å²) in [4.78, 5) is 2.52. The molecule has 96 valence electrons. The van der Waals surface area contributed by atoms with E-state index in [9.17, 15) is 0 Å². The maximum atomic E-state index is 3.55. The molecule has 0 aromatic carbocycles. The summed E-state index contributed by atoms with van der Waals surface area (Å²) in [5, 5.41) is 3.55.